The van der Waals surface area contributed by atoms with Crippen molar-refractivity contribution in [3.63, 3.8) is 0 Å². The normalized spacial score (nSPS) is 28.0. The Morgan fingerprint density at radius 3 is 2.58 bits per heavy atom. The van der Waals surface area contributed by atoms with Gasteiger partial charge < -0.3 is 9.47 Å². The maximum absolute atomic E-state index is 12.4. The van der Waals surface area contributed by atoms with Gasteiger partial charge in [-0.15, -0.1) is 13.2 Å². The van der Waals surface area contributed by atoms with E-state index in [0.29, 0.717) is 17.7 Å². The van der Waals surface area contributed by atoms with E-state index in [9.17, 15) is 13.2 Å². The van der Waals surface area contributed by atoms with Crippen LogP contribution in [0.5, 0.6) is 5.75 Å². The highest BCUT2D eigenvalue weighted by molar-refractivity contribution is 6.09. The fraction of sp³-hybridized carbons (Fsp3) is 0.529. The molecule has 0 atom stereocenters. The first-order valence-corrected chi connectivity index (χ1v) is 7.76. The lowest BCUT2D eigenvalue weighted by Crippen LogP contribution is -2.35. The maximum atomic E-state index is 12.4. The number of rotatable bonds is 2. The molecular formula is C17H17F3N2O2. The first kappa shape index (κ1) is 16.8. The lowest BCUT2D eigenvalue weighted by atomic mass is 9.70. The second-order valence-electron chi connectivity index (χ2n) is 6.32. The molecule has 1 fully saturated rings. The Kier molecular flexibility index (Phi) is 4.26. The molecule has 0 aliphatic heterocycles. The van der Waals surface area contributed by atoms with Gasteiger partial charge in [0, 0.05) is 18.1 Å². The van der Waals surface area contributed by atoms with Crippen LogP contribution in [0.2, 0.25) is 0 Å². The molecule has 0 saturated heterocycles. The van der Waals surface area contributed by atoms with Gasteiger partial charge >= 0.3 is 6.36 Å². The monoisotopic (exact) mass is 338 g/mol. The third-order valence-electron chi connectivity index (χ3n) is 4.99. The first-order valence-electron chi connectivity index (χ1n) is 7.76. The predicted molar refractivity (Wildman–Crippen MR) is 80.7 cm³/mol. The van der Waals surface area contributed by atoms with Gasteiger partial charge in [0.25, 0.3) is 0 Å². The van der Waals surface area contributed by atoms with E-state index in [2.05, 4.69) is 9.73 Å². The van der Waals surface area contributed by atoms with Gasteiger partial charge in [-0.25, -0.2) is 0 Å². The largest absolute Gasteiger partial charge is 0.573 e. The molecule has 0 radical (unpaired) electrons. The topological polar surface area (TPSA) is 54.6 Å². The smallest absolute Gasteiger partial charge is 0.406 e. The van der Waals surface area contributed by atoms with Crippen LogP contribution in [0.4, 0.5) is 13.2 Å². The minimum absolute atomic E-state index is 0.187. The van der Waals surface area contributed by atoms with Gasteiger partial charge in [-0.1, -0.05) is 6.07 Å². The van der Waals surface area contributed by atoms with Gasteiger partial charge in [0.15, 0.2) is 0 Å². The van der Waals surface area contributed by atoms with Crippen molar-refractivity contribution in [3.05, 3.63) is 29.3 Å². The Morgan fingerprint density at radius 1 is 1.29 bits per heavy atom. The Hall–Kier alpha value is -2.07. The molecule has 0 bridgehead atoms. The summed E-state index contributed by atoms with van der Waals surface area (Å²) in [6, 6.07) is 4.30. The molecule has 0 heterocycles. The fourth-order valence-corrected chi connectivity index (χ4v) is 3.88. The van der Waals surface area contributed by atoms with Crippen LogP contribution < -0.4 is 4.74 Å². The first-order chi connectivity index (χ1) is 11.4. The molecule has 0 aromatic heterocycles. The molecule has 1 aromatic carbocycles. The predicted octanol–water partition coefficient (Wildman–Crippen LogP) is 3.99. The van der Waals surface area contributed by atoms with Crippen molar-refractivity contribution in [1.82, 2.24) is 0 Å². The molecule has 24 heavy (non-hydrogen) atoms. The van der Waals surface area contributed by atoms with Crippen LogP contribution >= 0.6 is 0 Å². The number of hydrogen-bond acceptors (Lipinski definition) is 4. The quantitative estimate of drug-likeness (QED) is 0.766. The van der Waals surface area contributed by atoms with E-state index in [-0.39, 0.29) is 17.3 Å². The summed E-state index contributed by atoms with van der Waals surface area (Å²) >= 11 is 0. The molecule has 0 unspecified atom stereocenters. The number of methoxy groups -OCH3 is 1. The van der Waals surface area contributed by atoms with Gasteiger partial charge in [0.1, 0.15) is 5.75 Å². The molecule has 128 valence electrons. The summed E-state index contributed by atoms with van der Waals surface area (Å²) in [5, 5.41) is 9.05. The molecule has 0 amide bonds. The lowest BCUT2D eigenvalue weighted by molar-refractivity contribution is -0.274. The van der Waals surface area contributed by atoms with Gasteiger partial charge in [-0.3, -0.25) is 0 Å². The van der Waals surface area contributed by atoms with Crippen molar-refractivity contribution in [2.24, 2.45) is 10.4 Å². The van der Waals surface area contributed by atoms with E-state index in [1.807, 2.05) is 6.19 Å². The Balaban J connectivity index is 1.94. The molecule has 1 aromatic rings. The maximum Gasteiger partial charge on any atom is 0.573 e. The third-order valence-corrected chi connectivity index (χ3v) is 4.99. The molecular weight excluding hydrogens is 321 g/mol. The second-order valence-corrected chi connectivity index (χ2v) is 6.32. The number of hydrogen-bond donors (Lipinski definition) is 0. The summed E-state index contributed by atoms with van der Waals surface area (Å²) in [6.07, 6.45) is 1.24. The number of nitrogens with zero attached hydrogens (tertiary/aromatic N) is 2. The summed E-state index contributed by atoms with van der Waals surface area (Å²) in [6.45, 7) is 0. The van der Waals surface area contributed by atoms with Crippen molar-refractivity contribution < 1.29 is 22.6 Å². The van der Waals surface area contributed by atoms with E-state index in [0.717, 1.165) is 31.2 Å². The summed E-state index contributed by atoms with van der Waals surface area (Å²) in [4.78, 5) is 3.97. The van der Waals surface area contributed by atoms with Crippen molar-refractivity contribution in [3.8, 4) is 11.9 Å². The Labute approximate surface area is 137 Å². The van der Waals surface area contributed by atoms with Crippen molar-refractivity contribution >= 4 is 5.71 Å². The van der Waals surface area contributed by atoms with Crippen LogP contribution in [0.3, 0.4) is 0 Å². The second kappa shape index (κ2) is 6.10. The molecule has 2 aliphatic rings. The molecule has 1 saturated carbocycles. The number of fused-ring (bicyclic) bond motifs is 1. The van der Waals surface area contributed by atoms with Gasteiger partial charge in [0.05, 0.1) is 11.8 Å². The van der Waals surface area contributed by atoms with E-state index < -0.39 is 6.36 Å². The molecule has 4 nitrogen and oxygen atoms in total. The van der Waals surface area contributed by atoms with Crippen LogP contribution in [0.15, 0.2) is 23.2 Å². The minimum Gasteiger partial charge on any atom is -0.406 e. The standard InChI is InChI=1S/C17H17F3N2O2/c1-23-12-4-6-16(7-5-12)9-11-2-3-13(24-17(18,19)20)8-14(11)15(16)22-10-21/h2-3,8,12H,4-7,9H2,1H3/b22-15+. The van der Waals surface area contributed by atoms with Gasteiger partial charge in [-0.05, 0) is 49.8 Å². The van der Waals surface area contributed by atoms with E-state index in [4.69, 9.17) is 10.00 Å². The Bertz CT molecular complexity index is 699. The van der Waals surface area contributed by atoms with Crippen molar-refractivity contribution in [2.75, 3.05) is 7.11 Å². The number of alkyl halides is 3. The van der Waals surface area contributed by atoms with E-state index in [1.165, 1.54) is 12.1 Å². The highest BCUT2D eigenvalue weighted by Crippen LogP contribution is 2.49. The van der Waals surface area contributed by atoms with Gasteiger partial charge in [0.2, 0.25) is 6.19 Å². The highest BCUT2D eigenvalue weighted by Gasteiger charge is 2.46. The highest BCUT2D eigenvalue weighted by atomic mass is 19.4. The van der Waals surface area contributed by atoms with Crippen molar-refractivity contribution in [2.45, 2.75) is 44.6 Å². The van der Waals surface area contributed by atoms with Crippen LogP contribution in [-0.4, -0.2) is 25.3 Å². The number of aliphatic imine (C=N–C) groups is 1. The average molecular weight is 338 g/mol. The van der Waals surface area contributed by atoms with Crippen LogP contribution in [0, 0.1) is 16.9 Å². The molecule has 2 aliphatic carbocycles. The van der Waals surface area contributed by atoms with Crippen molar-refractivity contribution in [1.29, 1.82) is 5.26 Å². The van der Waals surface area contributed by atoms with E-state index >= 15 is 0 Å². The van der Waals surface area contributed by atoms with Crippen LogP contribution in [-0.2, 0) is 11.2 Å². The number of ether oxygens (including phenoxy) is 2. The number of nitriles is 1. The lowest BCUT2D eigenvalue weighted by Gasteiger charge is -2.36. The van der Waals surface area contributed by atoms with Crippen LogP contribution in [0.25, 0.3) is 0 Å². The molecule has 0 N–H and O–H groups in total. The SMILES string of the molecule is COC1CCC2(CC1)Cc1ccc(OC(F)(F)F)cc1/C2=N\C#N. The summed E-state index contributed by atoms with van der Waals surface area (Å²) in [5.74, 6) is -0.283. The van der Waals surface area contributed by atoms with E-state index in [1.54, 1.807) is 13.2 Å². The zero-order valence-corrected chi connectivity index (χ0v) is 13.2. The molecule has 1 spiro atoms. The summed E-state index contributed by atoms with van der Waals surface area (Å²) < 4.78 is 46.7. The third kappa shape index (κ3) is 3.11. The summed E-state index contributed by atoms with van der Waals surface area (Å²) in [5.41, 5.74) is 1.80. The minimum atomic E-state index is -4.74. The zero-order valence-electron chi connectivity index (χ0n) is 13.2. The zero-order chi connectivity index (χ0) is 17.4. The number of benzene rings is 1. The fourth-order valence-electron chi connectivity index (χ4n) is 3.88. The Morgan fingerprint density at radius 2 is 2.00 bits per heavy atom. The number of halogens is 3. The van der Waals surface area contributed by atoms with Crippen LogP contribution in [0.1, 0.15) is 36.8 Å². The summed E-state index contributed by atoms with van der Waals surface area (Å²) in [7, 11) is 1.68. The average Bonchev–Trinajstić information content (AvgIpc) is 2.81. The van der Waals surface area contributed by atoms with Gasteiger partial charge in [-0.2, -0.15) is 10.3 Å². The molecule has 7 heteroatoms. The molecule has 3 rings (SSSR count).